The summed E-state index contributed by atoms with van der Waals surface area (Å²) in [5.41, 5.74) is 6.12. The number of anilines is 2. The van der Waals surface area contributed by atoms with Gasteiger partial charge in [0.1, 0.15) is 5.82 Å². The summed E-state index contributed by atoms with van der Waals surface area (Å²) in [4.78, 5) is 35.8. The van der Waals surface area contributed by atoms with Gasteiger partial charge in [-0.25, -0.2) is 9.18 Å². The van der Waals surface area contributed by atoms with E-state index in [-0.39, 0.29) is 17.0 Å². The summed E-state index contributed by atoms with van der Waals surface area (Å²) in [6, 6.07) is 9.73. The van der Waals surface area contributed by atoms with Crippen molar-refractivity contribution in [1.82, 2.24) is 0 Å². The van der Waals surface area contributed by atoms with Gasteiger partial charge in [0, 0.05) is 11.3 Å². The van der Waals surface area contributed by atoms with Crippen molar-refractivity contribution >= 4 is 29.0 Å². The molecule has 0 radical (unpaired) electrons. The van der Waals surface area contributed by atoms with Gasteiger partial charge in [-0.2, -0.15) is 0 Å². The van der Waals surface area contributed by atoms with Gasteiger partial charge in [-0.15, -0.1) is 0 Å². The minimum atomic E-state index is -1.14. The van der Waals surface area contributed by atoms with Gasteiger partial charge >= 0.3 is 5.97 Å². The van der Waals surface area contributed by atoms with Crippen LogP contribution in [0.5, 0.6) is 0 Å². The Morgan fingerprint density at radius 3 is 2.44 bits per heavy atom. The monoisotopic (exact) mass is 344 g/mol. The molecule has 2 rings (SSSR count). The maximum Gasteiger partial charge on any atom is 0.341 e. The lowest BCUT2D eigenvalue weighted by molar-refractivity contribution is -0.123. The summed E-state index contributed by atoms with van der Waals surface area (Å²) in [6.07, 6.45) is -1.14. The Labute approximate surface area is 143 Å². The Morgan fingerprint density at radius 1 is 1.12 bits per heavy atom. The smallest absolute Gasteiger partial charge is 0.341 e. The van der Waals surface area contributed by atoms with Crippen molar-refractivity contribution in [1.29, 1.82) is 0 Å². The van der Waals surface area contributed by atoms with Crippen molar-refractivity contribution in [3.8, 4) is 0 Å². The number of para-hydroxylation sites is 1. The Balaban J connectivity index is 2.08. The highest BCUT2D eigenvalue weighted by Gasteiger charge is 2.21. The molecule has 0 aliphatic rings. The third-order valence-corrected chi connectivity index (χ3v) is 3.45. The molecule has 0 fully saturated rings. The Kier molecular flexibility index (Phi) is 5.49. The highest BCUT2D eigenvalue weighted by molar-refractivity contribution is 6.05. The quantitative estimate of drug-likeness (QED) is 0.494. The fourth-order valence-electron chi connectivity index (χ4n) is 2.13. The number of nitrogen functional groups attached to an aromatic ring is 1. The number of hydrogen-bond donors (Lipinski definition) is 2. The lowest BCUT2D eigenvalue weighted by Gasteiger charge is -2.15. The number of carbonyl (C=O) groups excluding carboxylic acids is 3. The molecule has 2 aromatic rings. The first kappa shape index (κ1) is 18.1. The van der Waals surface area contributed by atoms with Crippen molar-refractivity contribution in [2.45, 2.75) is 20.0 Å². The third-order valence-electron chi connectivity index (χ3n) is 3.45. The van der Waals surface area contributed by atoms with Crippen LogP contribution in [0.15, 0.2) is 42.5 Å². The molecule has 0 saturated heterocycles. The predicted octanol–water partition coefficient (Wildman–Crippen LogP) is 2.79. The van der Waals surface area contributed by atoms with E-state index in [0.717, 1.165) is 12.1 Å². The van der Waals surface area contributed by atoms with Crippen LogP contribution in [0.25, 0.3) is 0 Å². The summed E-state index contributed by atoms with van der Waals surface area (Å²) in [6.45, 7) is 2.76. The number of rotatable bonds is 5. The van der Waals surface area contributed by atoms with Crippen LogP contribution in [0.3, 0.4) is 0 Å². The molecular formula is C18H17FN2O4. The van der Waals surface area contributed by atoms with Crippen LogP contribution in [0.2, 0.25) is 0 Å². The number of halogens is 1. The van der Waals surface area contributed by atoms with Crippen LogP contribution in [-0.4, -0.2) is 23.8 Å². The second-order valence-electron chi connectivity index (χ2n) is 5.37. The van der Waals surface area contributed by atoms with Crippen molar-refractivity contribution in [3.63, 3.8) is 0 Å². The molecule has 2 aromatic carbocycles. The third kappa shape index (κ3) is 4.41. The van der Waals surface area contributed by atoms with Gasteiger partial charge < -0.3 is 15.8 Å². The number of ether oxygens (including phenoxy) is 1. The molecule has 0 spiro atoms. The first-order valence-corrected chi connectivity index (χ1v) is 7.46. The van der Waals surface area contributed by atoms with Crippen molar-refractivity contribution in [2.75, 3.05) is 11.1 Å². The van der Waals surface area contributed by atoms with E-state index in [0.29, 0.717) is 11.3 Å². The van der Waals surface area contributed by atoms with Gasteiger partial charge in [-0.05, 0) is 44.2 Å². The van der Waals surface area contributed by atoms with Gasteiger partial charge in [0.2, 0.25) is 0 Å². The molecule has 0 unspecified atom stereocenters. The molecule has 130 valence electrons. The van der Waals surface area contributed by atoms with E-state index < -0.39 is 23.8 Å². The molecule has 0 aliphatic carbocycles. The summed E-state index contributed by atoms with van der Waals surface area (Å²) in [5, 5.41) is 2.54. The number of nitrogens with two attached hydrogens (primary N) is 1. The van der Waals surface area contributed by atoms with E-state index >= 15 is 0 Å². The van der Waals surface area contributed by atoms with E-state index in [9.17, 15) is 18.8 Å². The largest absolute Gasteiger partial charge is 0.449 e. The van der Waals surface area contributed by atoms with E-state index in [1.165, 1.54) is 19.9 Å². The maximum atomic E-state index is 13.0. The van der Waals surface area contributed by atoms with Crippen LogP contribution in [0.4, 0.5) is 15.8 Å². The zero-order valence-corrected chi connectivity index (χ0v) is 13.7. The molecule has 25 heavy (non-hydrogen) atoms. The number of hydrogen-bond acceptors (Lipinski definition) is 5. The van der Waals surface area contributed by atoms with Gasteiger partial charge in [-0.3, -0.25) is 9.59 Å². The fourth-order valence-corrected chi connectivity index (χ4v) is 2.13. The lowest BCUT2D eigenvalue weighted by Crippen LogP contribution is -2.30. The molecule has 1 amide bonds. The van der Waals surface area contributed by atoms with Crippen molar-refractivity contribution in [2.24, 2.45) is 0 Å². The molecule has 0 heterocycles. The number of benzene rings is 2. The average molecular weight is 344 g/mol. The predicted molar refractivity (Wildman–Crippen MR) is 90.8 cm³/mol. The van der Waals surface area contributed by atoms with E-state index in [2.05, 4.69) is 5.32 Å². The summed E-state index contributed by atoms with van der Waals surface area (Å²) < 4.78 is 18.1. The molecule has 0 saturated carbocycles. The number of amides is 1. The van der Waals surface area contributed by atoms with Gasteiger partial charge in [0.25, 0.3) is 5.91 Å². The molecule has 6 nitrogen and oxygen atoms in total. The molecule has 1 atom stereocenters. The molecule has 3 N–H and O–H groups in total. The normalized spacial score (nSPS) is 11.5. The minimum absolute atomic E-state index is 0.0369. The average Bonchev–Trinajstić information content (AvgIpc) is 2.54. The van der Waals surface area contributed by atoms with Gasteiger partial charge in [0.05, 0.1) is 11.3 Å². The SMILES string of the molecule is CC(=O)c1ccccc1NC(=O)[C@H](C)OC(=O)c1ccc(F)cc1N. The maximum absolute atomic E-state index is 13.0. The number of ketones is 1. The first-order valence-electron chi connectivity index (χ1n) is 7.46. The van der Waals surface area contributed by atoms with Gasteiger partial charge in [-0.1, -0.05) is 12.1 Å². The number of esters is 1. The fraction of sp³-hybridized carbons (Fsp3) is 0.167. The highest BCUT2D eigenvalue weighted by Crippen LogP contribution is 2.18. The van der Waals surface area contributed by atoms with E-state index in [1.54, 1.807) is 24.3 Å². The number of Topliss-reactive ketones (excluding diaryl/α,β-unsaturated/α-hetero) is 1. The van der Waals surface area contributed by atoms with Crippen LogP contribution < -0.4 is 11.1 Å². The minimum Gasteiger partial charge on any atom is -0.449 e. The Morgan fingerprint density at radius 2 is 1.80 bits per heavy atom. The topological polar surface area (TPSA) is 98.5 Å². The van der Waals surface area contributed by atoms with Crippen LogP contribution >= 0.6 is 0 Å². The standard InChI is InChI=1S/C18H17FN2O4/c1-10(22)13-5-3-4-6-16(13)21-17(23)11(2)25-18(24)14-8-7-12(19)9-15(14)20/h3-9,11H,20H2,1-2H3,(H,21,23)/t11-/m0/s1. The Bertz CT molecular complexity index is 836. The lowest BCUT2D eigenvalue weighted by atomic mass is 10.1. The molecule has 0 aliphatic heterocycles. The highest BCUT2D eigenvalue weighted by atomic mass is 19.1. The van der Waals surface area contributed by atoms with Crippen LogP contribution in [-0.2, 0) is 9.53 Å². The number of carbonyl (C=O) groups is 3. The Hall–Kier alpha value is -3.22. The van der Waals surface area contributed by atoms with E-state index in [1.807, 2.05) is 0 Å². The molecular weight excluding hydrogens is 327 g/mol. The van der Waals surface area contributed by atoms with Crippen molar-refractivity contribution < 1.29 is 23.5 Å². The van der Waals surface area contributed by atoms with E-state index in [4.69, 9.17) is 10.5 Å². The zero-order valence-electron chi connectivity index (χ0n) is 13.7. The van der Waals surface area contributed by atoms with Crippen LogP contribution in [0, 0.1) is 5.82 Å². The summed E-state index contributed by atoms with van der Waals surface area (Å²) >= 11 is 0. The molecule has 0 aromatic heterocycles. The second kappa shape index (κ2) is 7.57. The van der Waals surface area contributed by atoms with Crippen LogP contribution in [0.1, 0.15) is 34.6 Å². The van der Waals surface area contributed by atoms with Crippen molar-refractivity contribution in [3.05, 3.63) is 59.4 Å². The summed E-state index contributed by atoms with van der Waals surface area (Å²) in [5.74, 6) is -2.25. The molecule has 0 bridgehead atoms. The molecule has 7 heteroatoms. The second-order valence-corrected chi connectivity index (χ2v) is 5.37. The van der Waals surface area contributed by atoms with Gasteiger partial charge in [0.15, 0.2) is 11.9 Å². The summed E-state index contributed by atoms with van der Waals surface area (Å²) in [7, 11) is 0. The zero-order chi connectivity index (χ0) is 18.6. The first-order chi connectivity index (χ1) is 11.8. The number of nitrogens with one attached hydrogen (secondary N) is 1.